The van der Waals surface area contributed by atoms with E-state index in [0.29, 0.717) is 6.54 Å². The molecule has 1 aliphatic carbocycles. The van der Waals surface area contributed by atoms with Crippen molar-refractivity contribution in [3.05, 3.63) is 0 Å². The van der Waals surface area contributed by atoms with Crippen LogP contribution in [0, 0.1) is 5.92 Å². The first-order valence-electron chi connectivity index (χ1n) is 8.01. The van der Waals surface area contributed by atoms with E-state index in [4.69, 9.17) is 10.5 Å². The number of nitrogens with one attached hydrogen (secondary N) is 1. The second kappa shape index (κ2) is 7.96. The van der Waals surface area contributed by atoms with Crippen LogP contribution in [0.4, 0.5) is 0 Å². The molecule has 0 aromatic carbocycles. The van der Waals surface area contributed by atoms with Crippen LogP contribution in [0.5, 0.6) is 0 Å². The Kier molecular flexibility index (Phi) is 6.26. The monoisotopic (exact) mass is 284 g/mol. The highest BCUT2D eigenvalue weighted by Crippen LogP contribution is 2.26. The summed E-state index contributed by atoms with van der Waals surface area (Å²) in [4.78, 5) is 12.3. The molecule has 1 amide bonds. The molecular weight excluding hydrogens is 256 g/mol. The van der Waals surface area contributed by atoms with E-state index in [9.17, 15) is 9.90 Å². The van der Waals surface area contributed by atoms with Gasteiger partial charge in [0, 0.05) is 5.92 Å². The summed E-state index contributed by atoms with van der Waals surface area (Å²) in [6.45, 7) is 0.554. The Morgan fingerprint density at radius 3 is 2.60 bits per heavy atom. The van der Waals surface area contributed by atoms with Gasteiger partial charge in [0.2, 0.25) is 5.91 Å². The van der Waals surface area contributed by atoms with E-state index < -0.39 is 0 Å². The number of aliphatic hydroxyl groups excluding tert-OH is 1. The van der Waals surface area contributed by atoms with Crippen molar-refractivity contribution in [3.63, 3.8) is 0 Å². The van der Waals surface area contributed by atoms with Crippen molar-refractivity contribution in [2.75, 3.05) is 13.2 Å². The number of hydrogen-bond donors (Lipinski definition) is 3. The number of rotatable bonds is 5. The quantitative estimate of drug-likeness (QED) is 0.701. The van der Waals surface area contributed by atoms with E-state index in [-0.39, 0.29) is 36.7 Å². The minimum absolute atomic E-state index is 0.0450. The fraction of sp³-hybridized carbons (Fsp3) is 0.933. The Bertz CT molecular complexity index is 305. The molecule has 116 valence electrons. The van der Waals surface area contributed by atoms with Gasteiger partial charge in [-0.15, -0.1) is 0 Å². The second-order valence-corrected chi connectivity index (χ2v) is 6.08. The molecule has 20 heavy (non-hydrogen) atoms. The Balaban J connectivity index is 1.83. The third-order valence-corrected chi connectivity index (χ3v) is 4.59. The van der Waals surface area contributed by atoms with Gasteiger partial charge < -0.3 is 20.9 Å². The highest BCUT2D eigenvalue weighted by Gasteiger charge is 2.33. The van der Waals surface area contributed by atoms with Crippen LogP contribution < -0.4 is 11.1 Å². The maximum atomic E-state index is 12.3. The van der Waals surface area contributed by atoms with Gasteiger partial charge in [-0.05, 0) is 38.6 Å². The minimum Gasteiger partial charge on any atom is -0.394 e. The number of carbonyl (C=O) groups is 1. The molecule has 1 heterocycles. The van der Waals surface area contributed by atoms with E-state index in [0.717, 1.165) is 44.9 Å². The lowest BCUT2D eigenvalue weighted by Crippen LogP contribution is -2.52. The molecule has 0 spiro atoms. The van der Waals surface area contributed by atoms with Gasteiger partial charge in [-0.1, -0.05) is 19.3 Å². The molecular formula is C15H28N2O3. The summed E-state index contributed by atoms with van der Waals surface area (Å²) in [5.74, 6) is 0.305. The van der Waals surface area contributed by atoms with Crippen LogP contribution in [0.1, 0.15) is 51.4 Å². The number of carbonyl (C=O) groups excluding carboxylic acids is 1. The molecule has 0 bridgehead atoms. The molecule has 2 aliphatic rings. The Morgan fingerprint density at radius 1 is 1.20 bits per heavy atom. The van der Waals surface area contributed by atoms with E-state index in [1.165, 1.54) is 6.42 Å². The van der Waals surface area contributed by atoms with Crippen molar-refractivity contribution in [2.24, 2.45) is 11.7 Å². The zero-order valence-corrected chi connectivity index (χ0v) is 12.2. The van der Waals surface area contributed by atoms with E-state index in [1.807, 2.05) is 0 Å². The van der Waals surface area contributed by atoms with Gasteiger partial charge in [0.1, 0.15) is 6.10 Å². The fourth-order valence-corrected chi connectivity index (χ4v) is 3.36. The van der Waals surface area contributed by atoms with E-state index >= 15 is 0 Å². The standard InChI is InChI=1S/C15H28N2O3/c16-9-8-12-6-7-13(14(10-18)20-12)17-15(19)11-4-2-1-3-5-11/h11-14,18H,1-10,16H2,(H,17,19)/t12-,13+,14+/m1/s1. The number of hydrogen-bond acceptors (Lipinski definition) is 4. The number of aliphatic hydroxyl groups is 1. The Morgan fingerprint density at radius 2 is 1.95 bits per heavy atom. The summed E-state index contributed by atoms with van der Waals surface area (Å²) >= 11 is 0. The number of amides is 1. The first-order chi connectivity index (χ1) is 9.74. The highest BCUT2D eigenvalue weighted by molar-refractivity contribution is 5.79. The molecule has 0 radical (unpaired) electrons. The van der Waals surface area contributed by atoms with Crippen LogP contribution in [0.25, 0.3) is 0 Å². The average molecular weight is 284 g/mol. The van der Waals surface area contributed by atoms with Crippen molar-refractivity contribution in [3.8, 4) is 0 Å². The van der Waals surface area contributed by atoms with Crippen LogP contribution in [-0.2, 0) is 9.53 Å². The van der Waals surface area contributed by atoms with Crippen molar-refractivity contribution in [2.45, 2.75) is 69.6 Å². The molecule has 5 heteroatoms. The molecule has 2 rings (SSSR count). The first-order valence-corrected chi connectivity index (χ1v) is 8.01. The predicted octanol–water partition coefficient (Wildman–Crippen LogP) is 0.940. The van der Waals surface area contributed by atoms with Gasteiger partial charge in [0.05, 0.1) is 18.8 Å². The molecule has 0 aromatic rings. The van der Waals surface area contributed by atoms with E-state index in [1.54, 1.807) is 0 Å². The van der Waals surface area contributed by atoms with Gasteiger partial charge in [-0.2, -0.15) is 0 Å². The lowest BCUT2D eigenvalue weighted by molar-refractivity contribution is -0.132. The van der Waals surface area contributed by atoms with Gasteiger partial charge in [0.15, 0.2) is 0 Å². The lowest BCUT2D eigenvalue weighted by atomic mass is 9.88. The van der Waals surface area contributed by atoms with Gasteiger partial charge in [0.25, 0.3) is 0 Å². The number of ether oxygens (including phenoxy) is 1. The van der Waals surface area contributed by atoms with Crippen LogP contribution >= 0.6 is 0 Å². The molecule has 2 fully saturated rings. The predicted molar refractivity (Wildman–Crippen MR) is 77.2 cm³/mol. The summed E-state index contributed by atoms with van der Waals surface area (Å²) in [7, 11) is 0. The summed E-state index contributed by atoms with van der Waals surface area (Å²) in [6.07, 6.45) is 7.99. The molecule has 0 aromatic heterocycles. The maximum absolute atomic E-state index is 12.3. The molecule has 0 unspecified atom stereocenters. The third kappa shape index (κ3) is 4.17. The van der Waals surface area contributed by atoms with E-state index in [2.05, 4.69) is 5.32 Å². The third-order valence-electron chi connectivity index (χ3n) is 4.59. The normalized spacial score (nSPS) is 32.0. The van der Waals surface area contributed by atoms with Crippen molar-refractivity contribution >= 4 is 5.91 Å². The van der Waals surface area contributed by atoms with Crippen LogP contribution in [0.15, 0.2) is 0 Å². The molecule has 4 N–H and O–H groups in total. The van der Waals surface area contributed by atoms with Crippen molar-refractivity contribution in [1.29, 1.82) is 0 Å². The molecule has 1 aliphatic heterocycles. The van der Waals surface area contributed by atoms with Gasteiger partial charge in [-0.25, -0.2) is 0 Å². The number of nitrogens with two attached hydrogens (primary N) is 1. The smallest absolute Gasteiger partial charge is 0.223 e. The van der Waals surface area contributed by atoms with Crippen molar-refractivity contribution < 1.29 is 14.6 Å². The molecule has 3 atom stereocenters. The largest absolute Gasteiger partial charge is 0.394 e. The Hall–Kier alpha value is -0.650. The fourth-order valence-electron chi connectivity index (χ4n) is 3.36. The maximum Gasteiger partial charge on any atom is 0.223 e. The zero-order chi connectivity index (χ0) is 14.4. The second-order valence-electron chi connectivity index (χ2n) is 6.08. The van der Waals surface area contributed by atoms with Crippen LogP contribution in [-0.4, -0.2) is 42.4 Å². The Labute approximate surface area is 121 Å². The SMILES string of the molecule is NCC[C@H]1CC[C@H](NC(=O)C2CCCCC2)[C@H](CO)O1. The van der Waals surface area contributed by atoms with Gasteiger partial charge in [-0.3, -0.25) is 4.79 Å². The topological polar surface area (TPSA) is 84.6 Å². The summed E-state index contributed by atoms with van der Waals surface area (Å²) in [5, 5.41) is 12.6. The van der Waals surface area contributed by atoms with Crippen molar-refractivity contribution in [1.82, 2.24) is 5.32 Å². The van der Waals surface area contributed by atoms with Crippen LogP contribution in [0.3, 0.4) is 0 Å². The zero-order valence-electron chi connectivity index (χ0n) is 12.2. The van der Waals surface area contributed by atoms with Crippen LogP contribution in [0.2, 0.25) is 0 Å². The summed E-state index contributed by atoms with van der Waals surface area (Å²) < 4.78 is 5.83. The van der Waals surface area contributed by atoms with Gasteiger partial charge >= 0.3 is 0 Å². The average Bonchev–Trinajstić information content (AvgIpc) is 2.50. The molecule has 1 saturated carbocycles. The summed E-state index contributed by atoms with van der Waals surface area (Å²) in [6, 6.07) is -0.0524. The molecule has 5 nitrogen and oxygen atoms in total. The summed E-state index contributed by atoms with van der Waals surface area (Å²) in [5.41, 5.74) is 5.55. The lowest BCUT2D eigenvalue weighted by Gasteiger charge is -2.37. The molecule has 1 saturated heterocycles. The highest BCUT2D eigenvalue weighted by atomic mass is 16.5. The minimum atomic E-state index is -0.284. The first kappa shape index (κ1) is 15.7.